The summed E-state index contributed by atoms with van der Waals surface area (Å²) >= 11 is 0. The van der Waals surface area contributed by atoms with Crippen LogP contribution in [0.5, 0.6) is 0 Å². The minimum Gasteiger partial charge on any atom is -0.512 e. The summed E-state index contributed by atoms with van der Waals surface area (Å²) in [7, 11) is 0. The third-order valence-corrected chi connectivity index (χ3v) is 9.08. The molecule has 0 spiro atoms. The van der Waals surface area contributed by atoms with Gasteiger partial charge < -0.3 is 9.52 Å². The Hall–Kier alpha value is -3.86. The molecule has 0 aliphatic heterocycles. The van der Waals surface area contributed by atoms with Crippen LogP contribution >= 0.6 is 0 Å². The molecule has 6 heteroatoms. The monoisotopic (exact) mass is 806 g/mol. The number of carbonyl (C=O) groups excluding carboxylic acids is 1. The number of furan rings is 1. The first-order chi connectivity index (χ1) is 22.1. The van der Waals surface area contributed by atoms with Crippen LogP contribution in [-0.2, 0) is 30.3 Å². The van der Waals surface area contributed by atoms with Crippen LogP contribution in [0.25, 0.3) is 54.9 Å². The normalized spacial score (nSPS) is 12.1. The van der Waals surface area contributed by atoms with Gasteiger partial charge in [0.15, 0.2) is 5.78 Å². The maximum atomic E-state index is 11.7. The summed E-state index contributed by atoms with van der Waals surface area (Å²) in [5.74, 6) is 0.547. The van der Waals surface area contributed by atoms with Crippen molar-refractivity contribution >= 4 is 49.4 Å². The summed E-state index contributed by atoms with van der Waals surface area (Å²) in [6.07, 6.45) is 6.49. The van der Waals surface area contributed by atoms with E-state index in [9.17, 15) is 9.90 Å². The summed E-state index contributed by atoms with van der Waals surface area (Å²) in [5, 5.41) is 16.4. The Morgan fingerprint density at radius 1 is 0.851 bits per heavy atom. The van der Waals surface area contributed by atoms with E-state index in [4.69, 9.17) is 9.40 Å². The van der Waals surface area contributed by atoms with Crippen molar-refractivity contribution in [3.8, 4) is 11.3 Å². The van der Waals surface area contributed by atoms with Crippen LogP contribution in [-0.4, -0.2) is 20.9 Å². The summed E-state index contributed by atoms with van der Waals surface area (Å²) in [6.45, 7) is 14.8. The van der Waals surface area contributed by atoms with E-state index in [1.165, 1.54) is 22.4 Å². The van der Waals surface area contributed by atoms with Crippen molar-refractivity contribution < 1.29 is 34.4 Å². The molecule has 6 rings (SSSR count). The van der Waals surface area contributed by atoms with Crippen molar-refractivity contribution in [3.63, 3.8) is 0 Å². The predicted molar refractivity (Wildman–Crippen MR) is 191 cm³/mol. The average Bonchev–Trinajstić information content (AvgIpc) is 3.45. The van der Waals surface area contributed by atoms with Gasteiger partial charge in [-0.15, -0.1) is 29.1 Å². The molecule has 4 aromatic carbocycles. The van der Waals surface area contributed by atoms with E-state index in [1.54, 1.807) is 6.33 Å². The minimum atomic E-state index is -0.0131. The molecule has 1 radical (unpaired) electrons. The van der Waals surface area contributed by atoms with Gasteiger partial charge in [-0.05, 0) is 47.9 Å². The van der Waals surface area contributed by atoms with Gasteiger partial charge in [0, 0.05) is 54.5 Å². The Labute approximate surface area is 291 Å². The summed E-state index contributed by atoms with van der Waals surface area (Å²) in [4.78, 5) is 20.9. The van der Waals surface area contributed by atoms with Gasteiger partial charge >= 0.3 is 0 Å². The van der Waals surface area contributed by atoms with Crippen LogP contribution in [0.2, 0.25) is 0 Å². The number of aromatic nitrogens is 2. The molecule has 47 heavy (non-hydrogen) atoms. The summed E-state index contributed by atoms with van der Waals surface area (Å²) in [6, 6.07) is 26.8. The minimum absolute atomic E-state index is 0. The second-order valence-corrected chi connectivity index (χ2v) is 13.1. The van der Waals surface area contributed by atoms with Gasteiger partial charge in [-0.1, -0.05) is 108 Å². The maximum Gasteiger partial charge on any atom is 0.223 e. The molecule has 6 aromatic rings. The molecule has 1 N–H and O–H groups in total. The van der Waals surface area contributed by atoms with E-state index >= 15 is 0 Å². The molecule has 0 amide bonds. The zero-order valence-corrected chi connectivity index (χ0v) is 30.9. The van der Waals surface area contributed by atoms with Gasteiger partial charge in [0.05, 0.1) is 5.76 Å². The summed E-state index contributed by atoms with van der Waals surface area (Å²) in [5.41, 5.74) is 4.52. The van der Waals surface area contributed by atoms with Crippen LogP contribution in [0, 0.1) is 17.9 Å². The van der Waals surface area contributed by atoms with Crippen molar-refractivity contribution in [2.24, 2.45) is 11.8 Å². The Morgan fingerprint density at radius 2 is 1.49 bits per heavy atom. The number of hydrogen-bond donors (Lipinski definition) is 1. The number of allylic oxidation sites excluding steroid dienone is 2. The van der Waals surface area contributed by atoms with Gasteiger partial charge in [0.1, 0.15) is 11.9 Å². The van der Waals surface area contributed by atoms with E-state index in [0.717, 1.165) is 64.1 Å². The Balaban J connectivity index is 0.000000269. The molecule has 247 valence electrons. The molecule has 0 bridgehead atoms. The fourth-order valence-electron chi connectivity index (χ4n) is 6.33. The first-order valence-corrected chi connectivity index (χ1v) is 16.6. The van der Waals surface area contributed by atoms with Crippen LogP contribution < -0.4 is 0 Å². The van der Waals surface area contributed by atoms with Crippen molar-refractivity contribution in [1.82, 2.24) is 9.97 Å². The third-order valence-electron chi connectivity index (χ3n) is 9.08. The first-order valence-electron chi connectivity index (χ1n) is 16.6. The molecule has 0 unspecified atom stereocenters. The topological polar surface area (TPSA) is 76.2 Å². The molecule has 0 fully saturated rings. The SMILES string of the molecule is CC(C)(C)c1cc(-c2ncnc3oc4ccc5ccccc5c4c23)[c-]c2ccccc12.CCC(CC)C(=O)/C=C(\O)C(CC)CC.[Ir]. The van der Waals surface area contributed by atoms with Gasteiger partial charge in [-0.3, -0.25) is 9.78 Å². The quantitative estimate of drug-likeness (QED) is 0.0942. The molecule has 0 saturated carbocycles. The second-order valence-electron chi connectivity index (χ2n) is 13.1. The number of carbonyl (C=O) groups is 1. The van der Waals surface area contributed by atoms with Crippen LogP contribution in [0.4, 0.5) is 0 Å². The molecular formula is C41H45IrN2O3-. The average molecular weight is 806 g/mol. The van der Waals surface area contributed by atoms with Crippen molar-refractivity contribution in [1.29, 1.82) is 0 Å². The number of ketones is 1. The third kappa shape index (κ3) is 7.50. The predicted octanol–water partition coefficient (Wildman–Crippen LogP) is 11.3. The largest absolute Gasteiger partial charge is 0.512 e. The number of hydrogen-bond acceptors (Lipinski definition) is 5. The van der Waals surface area contributed by atoms with Crippen molar-refractivity contribution in [3.05, 3.63) is 96.5 Å². The molecule has 2 heterocycles. The first kappa shape index (κ1) is 36.0. The van der Waals surface area contributed by atoms with E-state index in [-0.39, 0.29) is 48.9 Å². The second kappa shape index (κ2) is 15.4. The van der Waals surface area contributed by atoms with Gasteiger partial charge in [-0.2, -0.15) is 0 Å². The standard InChI is InChI=1S/C28H21N2O.C13H24O2.Ir/c1-28(2,3)22-15-19(14-18-9-5-6-10-20(18)22)26-25-24-21-11-7-4-8-17(21)12-13-23(24)31-27(25)30-16-29-26;1-5-10(6-2)12(14)9-13(15)11(7-3)8-4;/h4-13,15-16H,1-3H3;9-11,14H,5-8H2,1-4H3;/q-1;;/b;12-9-;. The Morgan fingerprint density at radius 3 is 2.15 bits per heavy atom. The maximum absolute atomic E-state index is 11.7. The molecule has 2 aromatic heterocycles. The molecule has 0 aliphatic rings. The van der Waals surface area contributed by atoms with E-state index in [1.807, 2.05) is 33.8 Å². The number of rotatable bonds is 8. The number of aliphatic hydroxyl groups is 1. The van der Waals surface area contributed by atoms with E-state index in [2.05, 4.69) is 92.5 Å². The van der Waals surface area contributed by atoms with Crippen LogP contribution in [0.15, 0.2) is 89.3 Å². The number of fused-ring (bicyclic) bond motifs is 6. The Bertz CT molecular complexity index is 2030. The van der Waals surface area contributed by atoms with Crippen molar-refractivity contribution in [2.45, 2.75) is 79.6 Å². The zero-order chi connectivity index (χ0) is 33.0. The van der Waals surface area contributed by atoms with Crippen molar-refractivity contribution in [2.75, 3.05) is 0 Å². The van der Waals surface area contributed by atoms with Crippen LogP contribution in [0.1, 0.15) is 79.7 Å². The fraction of sp³-hybridized carbons (Fsp3) is 0.341. The van der Waals surface area contributed by atoms with E-state index in [0.29, 0.717) is 5.71 Å². The van der Waals surface area contributed by atoms with Gasteiger partial charge in [0.25, 0.3) is 0 Å². The van der Waals surface area contributed by atoms with Gasteiger partial charge in [0.2, 0.25) is 5.71 Å². The molecule has 0 aliphatic carbocycles. The smallest absolute Gasteiger partial charge is 0.223 e. The number of aliphatic hydroxyl groups excluding tert-OH is 1. The van der Waals surface area contributed by atoms with Crippen LogP contribution in [0.3, 0.4) is 0 Å². The fourth-order valence-corrected chi connectivity index (χ4v) is 6.33. The van der Waals surface area contributed by atoms with Gasteiger partial charge in [-0.25, -0.2) is 4.98 Å². The number of benzene rings is 4. The van der Waals surface area contributed by atoms with E-state index < -0.39 is 0 Å². The number of nitrogens with zero attached hydrogens (tertiary/aromatic N) is 2. The molecule has 0 atom stereocenters. The zero-order valence-electron chi connectivity index (χ0n) is 28.5. The molecule has 0 saturated heterocycles. The summed E-state index contributed by atoms with van der Waals surface area (Å²) < 4.78 is 6.14. The molecular weight excluding hydrogens is 761 g/mol. The molecule has 5 nitrogen and oxygen atoms in total. The Kier molecular flexibility index (Phi) is 11.8.